The largest absolute Gasteiger partial charge is 0.380 e. The number of carbonyl (C=O) groups excluding carboxylic acids is 1. The van der Waals surface area contributed by atoms with Crippen LogP contribution in [0.25, 0.3) is 0 Å². The normalized spacial score (nSPS) is 28.8. The number of carbonyl (C=O) groups is 1. The predicted octanol–water partition coefficient (Wildman–Crippen LogP) is 0.557. The molecule has 3 aliphatic rings. The summed E-state index contributed by atoms with van der Waals surface area (Å²) in [5, 5.41) is 3.41. The summed E-state index contributed by atoms with van der Waals surface area (Å²) in [6.45, 7) is 10.6. The number of rotatable bonds is 5. The first-order chi connectivity index (χ1) is 10.2. The predicted molar refractivity (Wildman–Crippen MR) is 82.2 cm³/mol. The summed E-state index contributed by atoms with van der Waals surface area (Å²) >= 11 is 0. The molecule has 1 saturated carbocycles. The van der Waals surface area contributed by atoms with Crippen LogP contribution in [0.15, 0.2) is 0 Å². The van der Waals surface area contributed by atoms with Gasteiger partial charge in [-0.2, -0.15) is 0 Å². The van der Waals surface area contributed by atoms with Gasteiger partial charge in [0.05, 0.1) is 6.61 Å². The lowest BCUT2D eigenvalue weighted by Gasteiger charge is -2.35. The van der Waals surface area contributed by atoms with Gasteiger partial charge < -0.3 is 15.0 Å². The monoisotopic (exact) mass is 295 g/mol. The number of nitrogens with zero attached hydrogens (tertiary/aromatic N) is 2. The van der Waals surface area contributed by atoms with Gasteiger partial charge in [-0.25, -0.2) is 0 Å². The zero-order valence-corrected chi connectivity index (χ0v) is 13.3. The van der Waals surface area contributed by atoms with Crippen molar-refractivity contribution in [2.24, 2.45) is 11.3 Å². The lowest BCUT2D eigenvalue weighted by molar-refractivity contribution is -0.135. The fourth-order valence-electron chi connectivity index (χ4n) is 3.92. The van der Waals surface area contributed by atoms with Gasteiger partial charge in [0, 0.05) is 45.2 Å². The van der Waals surface area contributed by atoms with Crippen LogP contribution in [-0.2, 0) is 9.53 Å². The molecule has 2 aliphatic heterocycles. The van der Waals surface area contributed by atoms with E-state index in [4.69, 9.17) is 4.74 Å². The van der Waals surface area contributed by atoms with E-state index in [1.54, 1.807) is 0 Å². The van der Waals surface area contributed by atoms with Crippen LogP contribution in [0.5, 0.6) is 0 Å². The molecular weight excluding hydrogens is 266 g/mol. The highest BCUT2D eigenvalue weighted by atomic mass is 16.5. The molecule has 1 amide bonds. The maximum absolute atomic E-state index is 12.7. The van der Waals surface area contributed by atoms with Gasteiger partial charge in [-0.1, -0.05) is 0 Å². The maximum Gasteiger partial charge on any atom is 0.226 e. The first-order valence-corrected chi connectivity index (χ1v) is 8.55. The van der Waals surface area contributed by atoms with Crippen LogP contribution >= 0.6 is 0 Å². The molecule has 1 N–H and O–H groups in total. The van der Waals surface area contributed by atoms with Crippen molar-refractivity contribution in [1.29, 1.82) is 0 Å². The topological polar surface area (TPSA) is 44.8 Å². The lowest BCUT2D eigenvalue weighted by atomic mass is 9.91. The summed E-state index contributed by atoms with van der Waals surface area (Å²) in [7, 11) is 0. The number of amides is 1. The average molecular weight is 295 g/mol. The Morgan fingerprint density at radius 1 is 1.24 bits per heavy atom. The third-order valence-electron chi connectivity index (χ3n) is 5.53. The van der Waals surface area contributed by atoms with E-state index in [0.717, 1.165) is 65.4 Å². The number of ether oxygens (including phenoxy) is 1. The number of hydrogen-bond acceptors (Lipinski definition) is 4. The van der Waals surface area contributed by atoms with Gasteiger partial charge in [0.1, 0.15) is 0 Å². The van der Waals surface area contributed by atoms with Gasteiger partial charge >= 0.3 is 0 Å². The second kappa shape index (κ2) is 6.63. The molecule has 2 heterocycles. The van der Waals surface area contributed by atoms with Gasteiger partial charge in [-0.15, -0.1) is 0 Å². The summed E-state index contributed by atoms with van der Waals surface area (Å²) in [5.41, 5.74) is 0.369. The molecule has 1 aliphatic carbocycles. The molecule has 1 unspecified atom stereocenters. The molecule has 120 valence electrons. The third-order valence-corrected chi connectivity index (χ3v) is 5.53. The molecular formula is C16H29N3O2. The van der Waals surface area contributed by atoms with Crippen molar-refractivity contribution >= 4 is 5.91 Å². The minimum atomic E-state index is 0.328. The molecule has 5 heteroatoms. The van der Waals surface area contributed by atoms with E-state index in [-0.39, 0.29) is 0 Å². The zero-order valence-electron chi connectivity index (χ0n) is 13.3. The molecule has 21 heavy (non-hydrogen) atoms. The molecule has 0 aromatic heterocycles. The van der Waals surface area contributed by atoms with Crippen molar-refractivity contribution in [1.82, 2.24) is 15.1 Å². The molecule has 1 atom stereocenters. The highest BCUT2D eigenvalue weighted by Gasteiger charge is 2.58. The van der Waals surface area contributed by atoms with Crippen LogP contribution in [0.2, 0.25) is 0 Å². The van der Waals surface area contributed by atoms with Crippen molar-refractivity contribution in [2.75, 3.05) is 59.0 Å². The van der Waals surface area contributed by atoms with Crippen molar-refractivity contribution in [3.63, 3.8) is 0 Å². The highest BCUT2D eigenvalue weighted by Crippen LogP contribution is 2.59. The molecule has 0 aromatic carbocycles. The van der Waals surface area contributed by atoms with E-state index >= 15 is 0 Å². The van der Waals surface area contributed by atoms with Crippen LogP contribution in [0, 0.1) is 11.3 Å². The molecule has 1 spiro atoms. The highest BCUT2D eigenvalue weighted by molar-refractivity contribution is 5.82. The summed E-state index contributed by atoms with van der Waals surface area (Å²) in [4.78, 5) is 17.2. The second-order valence-corrected chi connectivity index (χ2v) is 6.73. The third kappa shape index (κ3) is 3.41. The SMILES string of the molecule is CCOCCN1CCN(C(=O)C2CC23CCNCC3)CC1. The van der Waals surface area contributed by atoms with Crippen LogP contribution < -0.4 is 5.32 Å². The Hall–Kier alpha value is -0.650. The van der Waals surface area contributed by atoms with Crippen LogP contribution in [0.1, 0.15) is 26.2 Å². The van der Waals surface area contributed by atoms with Gasteiger partial charge in [0.2, 0.25) is 5.91 Å². The summed E-state index contributed by atoms with van der Waals surface area (Å²) in [6, 6.07) is 0. The molecule has 0 radical (unpaired) electrons. The summed E-state index contributed by atoms with van der Waals surface area (Å²) in [5.74, 6) is 0.760. The zero-order chi connectivity index (χ0) is 14.7. The van der Waals surface area contributed by atoms with Crippen LogP contribution in [0.3, 0.4) is 0 Å². The van der Waals surface area contributed by atoms with Gasteiger partial charge in [-0.3, -0.25) is 9.69 Å². The minimum absolute atomic E-state index is 0.328. The Kier molecular flexibility index (Phi) is 4.82. The first-order valence-electron chi connectivity index (χ1n) is 8.55. The Bertz CT molecular complexity index is 361. The van der Waals surface area contributed by atoms with Crippen molar-refractivity contribution in [2.45, 2.75) is 26.2 Å². The molecule has 2 saturated heterocycles. The lowest BCUT2D eigenvalue weighted by Crippen LogP contribution is -2.50. The first kappa shape index (κ1) is 15.3. The van der Waals surface area contributed by atoms with E-state index in [1.807, 2.05) is 6.92 Å². The fourth-order valence-corrected chi connectivity index (χ4v) is 3.92. The van der Waals surface area contributed by atoms with Crippen molar-refractivity contribution in [3.8, 4) is 0 Å². The maximum atomic E-state index is 12.7. The van der Waals surface area contributed by atoms with E-state index < -0.39 is 0 Å². The van der Waals surface area contributed by atoms with Crippen molar-refractivity contribution < 1.29 is 9.53 Å². The van der Waals surface area contributed by atoms with E-state index in [9.17, 15) is 4.79 Å². The Morgan fingerprint density at radius 2 is 1.95 bits per heavy atom. The Labute approximate surface area is 128 Å². The average Bonchev–Trinajstić information content (AvgIpc) is 3.21. The number of piperidine rings is 1. The molecule has 0 bridgehead atoms. The quantitative estimate of drug-likeness (QED) is 0.753. The number of nitrogens with one attached hydrogen (secondary N) is 1. The van der Waals surface area contributed by atoms with E-state index in [0.29, 0.717) is 17.2 Å². The molecule has 5 nitrogen and oxygen atoms in total. The van der Waals surface area contributed by atoms with E-state index in [2.05, 4.69) is 15.1 Å². The van der Waals surface area contributed by atoms with E-state index in [1.165, 1.54) is 12.8 Å². The van der Waals surface area contributed by atoms with Gasteiger partial charge in [0.25, 0.3) is 0 Å². The summed E-state index contributed by atoms with van der Waals surface area (Å²) in [6.07, 6.45) is 3.52. The Morgan fingerprint density at radius 3 is 2.62 bits per heavy atom. The van der Waals surface area contributed by atoms with Gasteiger partial charge in [-0.05, 0) is 44.7 Å². The molecule has 3 rings (SSSR count). The molecule has 3 fully saturated rings. The minimum Gasteiger partial charge on any atom is -0.380 e. The fraction of sp³-hybridized carbons (Fsp3) is 0.938. The number of piperazine rings is 1. The van der Waals surface area contributed by atoms with Gasteiger partial charge in [0.15, 0.2) is 0 Å². The summed E-state index contributed by atoms with van der Waals surface area (Å²) < 4.78 is 5.41. The number of hydrogen-bond donors (Lipinski definition) is 1. The Balaban J connectivity index is 1.41. The molecule has 0 aromatic rings. The standard InChI is InChI=1S/C16H29N3O2/c1-2-21-12-11-18-7-9-19(10-8-18)15(20)14-13-16(14)3-5-17-6-4-16/h14,17H,2-13H2,1H3. The van der Waals surface area contributed by atoms with Crippen LogP contribution in [0.4, 0.5) is 0 Å². The van der Waals surface area contributed by atoms with Crippen LogP contribution in [-0.4, -0.2) is 74.7 Å². The second-order valence-electron chi connectivity index (χ2n) is 6.73. The van der Waals surface area contributed by atoms with Crippen molar-refractivity contribution in [3.05, 3.63) is 0 Å². The smallest absolute Gasteiger partial charge is 0.226 e.